The first-order valence-electron chi connectivity index (χ1n) is 7.93. The molecule has 2 saturated carbocycles. The molecule has 0 atom stereocenters. The molecule has 6 heteroatoms. The van der Waals surface area contributed by atoms with Crippen LogP contribution in [-0.2, 0) is 14.4 Å². The lowest BCUT2D eigenvalue weighted by atomic mass is 9.66. The molecule has 0 aromatic heterocycles. The van der Waals surface area contributed by atoms with Crippen LogP contribution in [0.4, 0.5) is 11.4 Å². The van der Waals surface area contributed by atoms with E-state index >= 15 is 0 Å². The maximum atomic E-state index is 12.0. The fourth-order valence-corrected chi connectivity index (χ4v) is 2.81. The summed E-state index contributed by atoms with van der Waals surface area (Å²) in [4.78, 5) is 35.0. The zero-order valence-corrected chi connectivity index (χ0v) is 12.8. The molecule has 0 aliphatic heterocycles. The highest BCUT2D eigenvalue weighted by Gasteiger charge is 2.45. The zero-order valence-electron chi connectivity index (χ0n) is 12.8. The Morgan fingerprint density at radius 2 is 1.61 bits per heavy atom. The number of benzene rings is 1. The van der Waals surface area contributed by atoms with E-state index in [4.69, 9.17) is 0 Å². The number of carboxylic acid groups (broad SMARTS) is 1. The molecule has 0 radical (unpaired) electrons. The van der Waals surface area contributed by atoms with Crippen molar-refractivity contribution in [2.75, 3.05) is 10.6 Å². The number of carboxylic acids is 1. The molecule has 0 unspecified atom stereocenters. The van der Waals surface area contributed by atoms with Gasteiger partial charge < -0.3 is 15.7 Å². The first-order chi connectivity index (χ1) is 11.0. The summed E-state index contributed by atoms with van der Waals surface area (Å²) in [5.41, 5.74) is 0.405. The Morgan fingerprint density at radius 3 is 2.04 bits per heavy atom. The van der Waals surface area contributed by atoms with E-state index in [-0.39, 0.29) is 24.2 Å². The van der Waals surface area contributed by atoms with E-state index in [1.54, 1.807) is 24.3 Å². The molecule has 2 amide bonds. The topological polar surface area (TPSA) is 95.5 Å². The van der Waals surface area contributed by atoms with Crippen LogP contribution >= 0.6 is 0 Å². The fraction of sp³-hybridized carbons (Fsp3) is 0.471. The van der Waals surface area contributed by atoms with E-state index in [9.17, 15) is 19.5 Å². The van der Waals surface area contributed by atoms with Gasteiger partial charge in [-0.15, -0.1) is 0 Å². The number of hydrogen-bond donors (Lipinski definition) is 3. The second-order valence-electron chi connectivity index (χ2n) is 6.50. The predicted molar refractivity (Wildman–Crippen MR) is 85.0 cm³/mol. The Kier molecular flexibility index (Phi) is 4.07. The first kappa shape index (κ1) is 15.5. The predicted octanol–water partition coefficient (Wildman–Crippen LogP) is 2.62. The third kappa shape index (κ3) is 3.52. The van der Waals surface area contributed by atoms with E-state index in [0.717, 1.165) is 19.3 Å². The Balaban J connectivity index is 1.54. The molecule has 1 aromatic rings. The number of carbonyl (C=O) groups is 3. The highest BCUT2D eigenvalue weighted by Crippen LogP contribution is 2.44. The van der Waals surface area contributed by atoms with Crippen LogP contribution in [0.5, 0.6) is 0 Å². The molecule has 0 heterocycles. The molecule has 0 spiro atoms. The van der Waals surface area contributed by atoms with Crippen molar-refractivity contribution in [1.82, 2.24) is 0 Å². The van der Waals surface area contributed by atoms with Gasteiger partial charge in [0, 0.05) is 23.7 Å². The fourth-order valence-electron chi connectivity index (χ4n) is 2.81. The molecular formula is C17H20N2O4. The van der Waals surface area contributed by atoms with Crippen molar-refractivity contribution >= 4 is 29.2 Å². The van der Waals surface area contributed by atoms with Gasteiger partial charge in [0.15, 0.2) is 0 Å². The smallest absolute Gasteiger partial charge is 0.310 e. The normalized spacial score (nSPS) is 18.6. The Bertz CT molecular complexity index is 630. The average molecular weight is 316 g/mol. The second-order valence-corrected chi connectivity index (χ2v) is 6.50. The largest absolute Gasteiger partial charge is 0.481 e. The van der Waals surface area contributed by atoms with E-state index in [1.165, 1.54) is 0 Å². The summed E-state index contributed by atoms with van der Waals surface area (Å²) < 4.78 is 0. The van der Waals surface area contributed by atoms with Crippen LogP contribution in [0.25, 0.3) is 0 Å². The van der Waals surface area contributed by atoms with Gasteiger partial charge in [0.05, 0.1) is 5.41 Å². The van der Waals surface area contributed by atoms with Crippen LogP contribution in [0.1, 0.15) is 38.5 Å². The number of amides is 2. The number of hydrogen-bond acceptors (Lipinski definition) is 3. The summed E-state index contributed by atoms with van der Waals surface area (Å²) in [5.74, 6) is -1.00. The number of nitrogens with one attached hydrogen (secondary N) is 2. The lowest BCUT2D eigenvalue weighted by molar-refractivity contribution is -0.157. The van der Waals surface area contributed by atoms with E-state index in [0.29, 0.717) is 24.2 Å². The third-order valence-electron chi connectivity index (χ3n) is 4.65. The van der Waals surface area contributed by atoms with Gasteiger partial charge in [-0.2, -0.15) is 0 Å². The van der Waals surface area contributed by atoms with Crippen molar-refractivity contribution < 1.29 is 19.5 Å². The van der Waals surface area contributed by atoms with Crippen molar-refractivity contribution in [3.8, 4) is 0 Å². The first-order valence-corrected chi connectivity index (χ1v) is 7.93. The summed E-state index contributed by atoms with van der Waals surface area (Å²) in [6.07, 6.45) is 3.87. The molecular weight excluding hydrogens is 296 g/mol. The number of carbonyl (C=O) groups excluding carboxylic acids is 2. The van der Waals surface area contributed by atoms with Crippen molar-refractivity contribution in [3.63, 3.8) is 0 Å². The average Bonchev–Trinajstić information content (AvgIpc) is 3.29. The maximum absolute atomic E-state index is 12.0. The van der Waals surface area contributed by atoms with Gasteiger partial charge in [0.25, 0.3) is 0 Å². The van der Waals surface area contributed by atoms with Crippen molar-refractivity contribution in [1.29, 1.82) is 0 Å². The van der Waals surface area contributed by atoms with E-state index < -0.39 is 11.4 Å². The molecule has 2 aliphatic carbocycles. The monoisotopic (exact) mass is 316 g/mol. The Hall–Kier alpha value is -2.37. The van der Waals surface area contributed by atoms with Crippen LogP contribution in [0.2, 0.25) is 0 Å². The maximum Gasteiger partial charge on any atom is 0.310 e. The molecule has 2 aliphatic rings. The summed E-state index contributed by atoms with van der Waals surface area (Å²) in [6, 6.07) is 6.86. The minimum atomic E-state index is -0.892. The molecule has 23 heavy (non-hydrogen) atoms. The van der Waals surface area contributed by atoms with Crippen molar-refractivity contribution in [3.05, 3.63) is 24.3 Å². The molecule has 0 saturated heterocycles. The van der Waals surface area contributed by atoms with Gasteiger partial charge in [-0.1, -0.05) is 6.42 Å². The van der Waals surface area contributed by atoms with Gasteiger partial charge in [-0.25, -0.2) is 0 Å². The Morgan fingerprint density at radius 1 is 1.04 bits per heavy atom. The second kappa shape index (κ2) is 6.02. The summed E-state index contributed by atoms with van der Waals surface area (Å²) in [7, 11) is 0. The summed E-state index contributed by atoms with van der Waals surface area (Å²) in [6.45, 7) is 0. The Labute approximate surface area is 134 Å². The quantitative estimate of drug-likeness (QED) is 0.751. The van der Waals surface area contributed by atoms with Crippen LogP contribution in [0.15, 0.2) is 24.3 Å². The van der Waals surface area contributed by atoms with Gasteiger partial charge in [-0.05, 0) is 49.9 Å². The van der Waals surface area contributed by atoms with Crippen LogP contribution in [-0.4, -0.2) is 22.9 Å². The van der Waals surface area contributed by atoms with Crippen LogP contribution in [0, 0.1) is 11.3 Å². The molecule has 6 nitrogen and oxygen atoms in total. The van der Waals surface area contributed by atoms with Gasteiger partial charge in [-0.3, -0.25) is 14.4 Å². The van der Waals surface area contributed by atoms with Crippen LogP contribution in [0.3, 0.4) is 0 Å². The summed E-state index contributed by atoms with van der Waals surface area (Å²) >= 11 is 0. The lowest BCUT2D eigenvalue weighted by Crippen LogP contribution is -2.41. The van der Waals surface area contributed by atoms with Crippen LogP contribution < -0.4 is 10.6 Å². The third-order valence-corrected chi connectivity index (χ3v) is 4.65. The van der Waals surface area contributed by atoms with Gasteiger partial charge in [0.1, 0.15) is 0 Å². The standard InChI is InChI=1S/C17H20N2O4/c20-14(10-17(16(22)23)8-1-9-17)18-12-4-6-13(7-5-12)19-15(21)11-2-3-11/h4-7,11H,1-3,8-10H2,(H,18,20)(H,19,21)(H,22,23). The molecule has 2 fully saturated rings. The molecule has 3 N–H and O–H groups in total. The number of anilines is 2. The molecule has 122 valence electrons. The van der Waals surface area contributed by atoms with Gasteiger partial charge >= 0.3 is 5.97 Å². The molecule has 1 aromatic carbocycles. The summed E-state index contributed by atoms with van der Waals surface area (Å²) in [5, 5.41) is 14.8. The zero-order chi connectivity index (χ0) is 16.4. The molecule has 0 bridgehead atoms. The highest BCUT2D eigenvalue weighted by molar-refractivity contribution is 5.96. The van der Waals surface area contributed by atoms with Crippen molar-refractivity contribution in [2.45, 2.75) is 38.5 Å². The highest BCUT2D eigenvalue weighted by atomic mass is 16.4. The van der Waals surface area contributed by atoms with Crippen molar-refractivity contribution in [2.24, 2.45) is 11.3 Å². The number of rotatable bonds is 6. The minimum absolute atomic E-state index is 0.00248. The molecule has 3 rings (SSSR count). The van der Waals surface area contributed by atoms with E-state index in [2.05, 4.69) is 10.6 Å². The van der Waals surface area contributed by atoms with E-state index in [1.807, 2.05) is 0 Å². The number of aliphatic carboxylic acids is 1. The van der Waals surface area contributed by atoms with Gasteiger partial charge in [0.2, 0.25) is 11.8 Å². The minimum Gasteiger partial charge on any atom is -0.481 e. The SMILES string of the molecule is O=C(CC1(C(=O)O)CCC1)Nc1ccc(NC(=O)C2CC2)cc1. The lowest BCUT2D eigenvalue weighted by Gasteiger charge is -2.36.